The quantitative estimate of drug-likeness (QED) is 0.750. The molecule has 0 fully saturated rings. The summed E-state index contributed by atoms with van der Waals surface area (Å²) < 4.78 is 46.6. The van der Waals surface area contributed by atoms with Crippen molar-refractivity contribution in [3.63, 3.8) is 0 Å². The van der Waals surface area contributed by atoms with Gasteiger partial charge in [0.15, 0.2) is 14.9 Å². The van der Waals surface area contributed by atoms with Gasteiger partial charge in [0.2, 0.25) is 10.0 Å². The van der Waals surface area contributed by atoms with Crippen LogP contribution in [0.4, 0.5) is 5.69 Å². The third-order valence-electron chi connectivity index (χ3n) is 1.69. The van der Waals surface area contributed by atoms with Crippen molar-refractivity contribution in [2.24, 2.45) is 0 Å². The van der Waals surface area contributed by atoms with Gasteiger partial charge in [0.05, 0.1) is 17.4 Å². The summed E-state index contributed by atoms with van der Waals surface area (Å²) in [6.07, 6.45) is 2.93. The van der Waals surface area contributed by atoms with Crippen molar-refractivity contribution in [1.82, 2.24) is 4.98 Å². The fourth-order valence-corrected chi connectivity index (χ4v) is 4.13. The van der Waals surface area contributed by atoms with Gasteiger partial charge in [0.1, 0.15) is 0 Å². The Morgan fingerprint density at radius 1 is 1.39 bits per heavy atom. The van der Waals surface area contributed by atoms with Crippen LogP contribution in [-0.4, -0.2) is 44.2 Å². The number of carboxylic acids is 1. The Balaban J connectivity index is 3.09. The zero-order valence-corrected chi connectivity index (χ0v) is 10.8. The highest BCUT2D eigenvalue weighted by Gasteiger charge is 2.20. The molecular weight excluding hydrogens is 284 g/mol. The van der Waals surface area contributed by atoms with Gasteiger partial charge in [-0.25, -0.2) is 21.6 Å². The first kappa shape index (κ1) is 14.4. The second-order valence-electron chi connectivity index (χ2n) is 3.49. The number of nitrogens with one attached hydrogen (secondary N) is 1. The smallest absolute Gasteiger partial charge is 0.337 e. The lowest BCUT2D eigenvalue weighted by Crippen LogP contribution is -2.23. The minimum Gasteiger partial charge on any atom is -0.478 e. The van der Waals surface area contributed by atoms with E-state index in [-0.39, 0.29) is 11.3 Å². The number of aromatic nitrogens is 1. The standard InChI is InChI=1S/C8H10N2O6S2/c1-17(13,14)5-18(15,16)10-7-4-9-3-2-6(7)8(11)12/h2-4,10H,5H2,1H3,(H,11,12). The molecule has 1 aromatic rings. The van der Waals surface area contributed by atoms with Crippen molar-refractivity contribution in [1.29, 1.82) is 0 Å². The zero-order chi connectivity index (χ0) is 14.0. The summed E-state index contributed by atoms with van der Waals surface area (Å²) in [4.78, 5) is 14.4. The molecule has 0 spiro atoms. The maximum Gasteiger partial charge on any atom is 0.337 e. The van der Waals surface area contributed by atoms with Crippen LogP contribution >= 0.6 is 0 Å². The van der Waals surface area contributed by atoms with Crippen LogP contribution in [0.3, 0.4) is 0 Å². The van der Waals surface area contributed by atoms with Crippen LogP contribution in [0.5, 0.6) is 0 Å². The van der Waals surface area contributed by atoms with Gasteiger partial charge in [-0.05, 0) is 6.07 Å². The van der Waals surface area contributed by atoms with E-state index in [0.717, 1.165) is 18.5 Å². The summed E-state index contributed by atoms with van der Waals surface area (Å²) in [5.74, 6) is -1.35. The molecule has 0 atom stereocenters. The van der Waals surface area contributed by atoms with Gasteiger partial charge in [-0.3, -0.25) is 9.71 Å². The summed E-state index contributed by atoms with van der Waals surface area (Å²) >= 11 is 0. The Labute approximate surface area is 104 Å². The number of hydrogen-bond acceptors (Lipinski definition) is 6. The van der Waals surface area contributed by atoms with E-state index >= 15 is 0 Å². The van der Waals surface area contributed by atoms with Crippen molar-refractivity contribution in [2.75, 3.05) is 16.1 Å². The highest BCUT2D eigenvalue weighted by Crippen LogP contribution is 2.15. The molecule has 0 unspecified atom stereocenters. The Morgan fingerprint density at radius 3 is 2.50 bits per heavy atom. The molecule has 100 valence electrons. The van der Waals surface area contributed by atoms with Crippen LogP contribution in [0.25, 0.3) is 0 Å². The van der Waals surface area contributed by atoms with E-state index in [0.29, 0.717) is 0 Å². The van der Waals surface area contributed by atoms with E-state index in [1.54, 1.807) is 0 Å². The SMILES string of the molecule is CS(=O)(=O)CS(=O)(=O)Nc1cnccc1C(=O)O. The van der Waals surface area contributed by atoms with Gasteiger partial charge in [0.25, 0.3) is 0 Å². The van der Waals surface area contributed by atoms with Crippen LogP contribution in [0, 0.1) is 0 Å². The lowest BCUT2D eigenvalue weighted by molar-refractivity contribution is 0.0698. The molecule has 0 saturated heterocycles. The van der Waals surface area contributed by atoms with E-state index in [1.165, 1.54) is 6.20 Å². The molecule has 0 radical (unpaired) electrons. The van der Waals surface area contributed by atoms with Crippen LogP contribution in [0.15, 0.2) is 18.5 Å². The molecule has 0 bridgehead atoms. The first-order valence-electron chi connectivity index (χ1n) is 4.46. The average molecular weight is 294 g/mol. The van der Waals surface area contributed by atoms with Crippen molar-refractivity contribution >= 4 is 31.5 Å². The Bertz CT molecular complexity index is 665. The van der Waals surface area contributed by atoms with Crippen LogP contribution < -0.4 is 4.72 Å². The van der Waals surface area contributed by atoms with Crippen molar-refractivity contribution in [2.45, 2.75) is 0 Å². The Hall–Kier alpha value is -1.68. The monoisotopic (exact) mass is 294 g/mol. The summed E-state index contributed by atoms with van der Waals surface area (Å²) in [7, 11) is -7.94. The molecule has 1 aromatic heterocycles. The summed E-state index contributed by atoms with van der Waals surface area (Å²) in [6, 6.07) is 1.10. The molecule has 0 aliphatic carbocycles. The predicted octanol–water partition coefficient (Wildman–Crippen LogP) is -0.476. The van der Waals surface area contributed by atoms with Crippen molar-refractivity contribution in [3.05, 3.63) is 24.0 Å². The number of carbonyl (C=O) groups is 1. The maximum atomic E-state index is 11.5. The van der Waals surface area contributed by atoms with Crippen LogP contribution in [0.2, 0.25) is 0 Å². The average Bonchev–Trinajstić information content (AvgIpc) is 2.13. The minimum absolute atomic E-state index is 0.284. The topological polar surface area (TPSA) is 130 Å². The minimum atomic E-state index is -4.19. The highest BCUT2D eigenvalue weighted by molar-refractivity contribution is 8.08. The van der Waals surface area contributed by atoms with Gasteiger partial charge in [0, 0.05) is 12.5 Å². The molecule has 0 aliphatic rings. The molecule has 0 aliphatic heterocycles. The lowest BCUT2D eigenvalue weighted by atomic mass is 10.2. The number of sulfonamides is 1. The maximum absolute atomic E-state index is 11.5. The van der Waals surface area contributed by atoms with E-state index in [9.17, 15) is 21.6 Å². The largest absolute Gasteiger partial charge is 0.478 e. The van der Waals surface area contributed by atoms with Crippen LogP contribution in [-0.2, 0) is 19.9 Å². The summed E-state index contributed by atoms with van der Waals surface area (Å²) in [5, 5.41) is 7.68. The molecule has 2 N–H and O–H groups in total. The molecule has 0 aromatic carbocycles. The van der Waals surface area contributed by atoms with E-state index < -0.39 is 30.9 Å². The van der Waals surface area contributed by atoms with Gasteiger partial charge < -0.3 is 5.11 Å². The number of aromatic carboxylic acids is 1. The summed E-state index contributed by atoms with van der Waals surface area (Å²) in [5.41, 5.74) is -0.601. The fourth-order valence-electron chi connectivity index (χ4n) is 1.14. The molecule has 18 heavy (non-hydrogen) atoms. The molecular formula is C8H10N2O6S2. The number of pyridine rings is 1. The molecule has 0 amide bonds. The Morgan fingerprint density at radius 2 is 2.00 bits per heavy atom. The lowest BCUT2D eigenvalue weighted by Gasteiger charge is -2.08. The molecule has 8 nitrogen and oxygen atoms in total. The van der Waals surface area contributed by atoms with Gasteiger partial charge in [-0.15, -0.1) is 0 Å². The third-order valence-corrected chi connectivity index (χ3v) is 5.17. The first-order valence-corrected chi connectivity index (χ1v) is 8.17. The number of nitrogens with zero attached hydrogens (tertiary/aromatic N) is 1. The highest BCUT2D eigenvalue weighted by atomic mass is 32.3. The number of sulfone groups is 1. The molecule has 10 heteroatoms. The Kier molecular flexibility index (Phi) is 3.92. The third kappa shape index (κ3) is 4.30. The number of carboxylic acid groups (broad SMARTS) is 1. The number of rotatable bonds is 5. The molecule has 1 heterocycles. The van der Waals surface area contributed by atoms with Gasteiger partial charge in [-0.2, -0.15) is 0 Å². The predicted molar refractivity (Wildman–Crippen MR) is 63.4 cm³/mol. The van der Waals surface area contributed by atoms with Gasteiger partial charge >= 0.3 is 5.97 Å². The summed E-state index contributed by atoms with van der Waals surface area (Å²) in [6.45, 7) is 0. The van der Waals surface area contributed by atoms with E-state index in [1.807, 2.05) is 4.72 Å². The van der Waals surface area contributed by atoms with Gasteiger partial charge in [-0.1, -0.05) is 0 Å². The fraction of sp³-hybridized carbons (Fsp3) is 0.250. The van der Waals surface area contributed by atoms with Crippen molar-refractivity contribution in [3.8, 4) is 0 Å². The van der Waals surface area contributed by atoms with E-state index in [4.69, 9.17) is 5.11 Å². The second-order valence-corrected chi connectivity index (χ2v) is 7.71. The van der Waals surface area contributed by atoms with Crippen LogP contribution in [0.1, 0.15) is 10.4 Å². The molecule has 0 saturated carbocycles. The second kappa shape index (κ2) is 4.90. The zero-order valence-electron chi connectivity index (χ0n) is 9.19. The normalized spacial score (nSPS) is 12.1. The van der Waals surface area contributed by atoms with Crippen molar-refractivity contribution < 1.29 is 26.7 Å². The number of anilines is 1. The molecule has 1 rings (SSSR count). The first-order chi connectivity index (χ1) is 8.11. The number of hydrogen-bond donors (Lipinski definition) is 2. The van der Waals surface area contributed by atoms with E-state index in [2.05, 4.69) is 4.98 Å².